The average molecular weight is 384 g/mol. The number of unbranched alkanes of at least 4 members (excludes halogenated alkanes) is 1. The quantitative estimate of drug-likeness (QED) is 0.641. The molecule has 1 aromatic carbocycles. The number of aryl methyl sites for hydroxylation is 1. The summed E-state index contributed by atoms with van der Waals surface area (Å²) in [5.74, 6) is 1.49. The van der Waals surface area contributed by atoms with Crippen LogP contribution in [0.25, 0.3) is 5.65 Å². The second kappa shape index (κ2) is 8.60. The van der Waals surface area contributed by atoms with Crippen molar-refractivity contribution < 1.29 is 19.0 Å². The van der Waals surface area contributed by atoms with Gasteiger partial charge in [-0.05, 0) is 25.0 Å². The minimum Gasteiger partial charge on any atom is -0.493 e. The molecule has 0 saturated heterocycles. The minimum absolute atomic E-state index is 0.316. The topological polar surface area (TPSA) is 87.0 Å². The number of hydrogen-bond acceptors (Lipinski definition) is 6. The van der Waals surface area contributed by atoms with E-state index in [1.165, 1.54) is 21.3 Å². The molecule has 0 atom stereocenters. The lowest BCUT2D eigenvalue weighted by atomic mass is 10.1. The maximum atomic E-state index is 12.9. The van der Waals surface area contributed by atoms with Crippen LogP contribution in [-0.2, 0) is 6.42 Å². The Morgan fingerprint density at radius 3 is 2.43 bits per heavy atom. The molecule has 1 N–H and O–H groups in total. The average Bonchev–Trinajstić information content (AvgIpc) is 3.19. The molecule has 0 aliphatic rings. The summed E-state index contributed by atoms with van der Waals surface area (Å²) < 4.78 is 17.6. The number of ether oxygens (including phenoxy) is 3. The predicted molar refractivity (Wildman–Crippen MR) is 106 cm³/mol. The van der Waals surface area contributed by atoms with Gasteiger partial charge in [0.1, 0.15) is 5.82 Å². The summed E-state index contributed by atoms with van der Waals surface area (Å²) in [6.45, 7) is 2.13. The van der Waals surface area contributed by atoms with E-state index in [1.807, 2.05) is 12.1 Å². The molecule has 28 heavy (non-hydrogen) atoms. The van der Waals surface area contributed by atoms with Gasteiger partial charge in [0.2, 0.25) is 5.75 Å². The summed E-state index contributed by atoms with van der Waals surface area (Å²) in [6.07, 6.45) is 4.59. The third-order valence-electron chi connectivity index (χ3n) is 4.37. The fourth-order valence-electron chi connectivity index (χ4n) is 2.94. The Bertz CT molecular complexity index is 958. The SMILES string of the molecule is CCCCc1cc(NC(=O)c2cc(OC)c(OC)c(OC)c2)n2nccc2n1. The van der Waals surface area contributed by atoms with Gasteiger partial charge in [-0.2, -0.15) is 9.61 Å². The summed E-state index contributed by atoms with van der Waals surface area (Å²) in [4.78, 5) is 17.5. The minimum atomic E-state index is -0.316. The maximum absolute atomic E-state index is 12.9. The van der Waals surface area contributed by atoms with Crippen molar-refractivity contribution in [2.24, 2.45) is 0 Å². The van der Waals surface area contributed by atoms with Crippen LogP contribution in [0.2, 0.25) is 0 Å². The molecule has 0 spiro atoms. The molecule has 0 aliphatic heterocycles. The first-order valence-electron chi connectivity index (χ1n) is 9.06. The molecule has 1 amide bonds. The summed E-state index contributed by atoms with van der Waals surface area (Å²) >= 11 is 0. The second-order valence-corrected chi connectivity index (χ2v) is 6.21. The van der Waals surface area contributed by atoms with Crippen LogP contribution in [0.15, 0.2) is 30.5 Å². The van der Waals surface area contributed by atoms with E-state index < -0.39 is 0 Å². The van der Waals surface area contributed by atoms with E-state index in [-0.39, 0.29) is 5.91 Å². The molecule has 3 rings (SSSR count). The van der Waals surface area contributed by atoms with Crippen molar-refractivity contribution in [3.63, 3.8) is 0 Å². The van der Waals surface area contributed by atoms with Gasteiger partial charge >= 0.3 is 0 Å². The van der Waals surface area contributed by atoms with Gasteiger partial charge in [0.05, 0.1) is 27.5 Å². The molecule has 8 nitrogen and oxygen atoms in total. The van der Waals surface area contributed by atoms with Crippen molar-refractivity contribution in [1.82, 2.24) is 14.6 Å². The molecular formula is C20H24N4O4. The van der Waals surface area contributed by atoms with E-state index in [2.05, 4.69) is 22.3 Å². The highest BCUT2D eigenvalue weighted by molar-refractivity contribution is 6.04. The number of rotatable bonds is 8. The first kappa shape index (κ1) is 19.5. The standard InChI is InChI=1S/C20H24N4O4/c1-5-6-7-14-12-18(24-17(22-14)8-9-21-24)23-20(25)13-10-15(26-2)19(28-4)16(11-13)27-3/h8-12H,5-7H2,1-4H3,(H,23,25). The summed E-state index contributed by atoms with van der Waals surface area (Å²) in [5.41, 5.74) is 1.98. The number of nitrogens with one attached hydrogen (secondary N) is 1. The number of benzene rings is 1. The monoisotopic (exact) mass is 384 g/mol. The van der Waals surface area contributed by atoms with Gasteiger partial charge in [0, 0.05) is 23.4 Å². The number of fused-ring (bicyclic) bond motifs is 1. The van der Waals surface area contributed by atoms with E-state index in [9.17, 15) is 4.79 Å². The normalized spacial score (nSPS) is 10.7. The molecule has 2 heterocycles. The van der Waals surface area contributed by atoms with Crippen LogP contribution in [-0.4, -0.2) is 41.8 Å². The number of carbonyl (C=O) groups excluding carboxylic acids is 1. The highest BCUT2D eigenvalue weighted by Gasteiger charge is 2.18. The lowest BCUT2D eigenvalue weighted by molar-refractivity contribution is 0.102. The molecule has 0 saturated carbocycles. The van der Waals surface area contributed by atoms with Crippen molar-refractivity contribution in [1.29, 1.82) is 0 Å². The van der Waals surface area contributed by atoms with E-state index in [0.29, 0.717) is 34.3 Å². The molecule has 3 aromatic rings. The lowest BCUT2D eigenvalue weighted by Gasteiger charge is -2.14. The summed E-state index contributed by atoms with van der Waals surface area (Å²) in [7, 11) is 4.54. The molecular weight excluding hydrogens is 360 g/mol. The lowest BCUT2D eigenvalue weighted by Crippen LogP contribution is -2.16. The van der Waals surface area contributed by atoms with E-state index >= 15 is 0 Å². The van der Waals surface area contributed by atoms with Gasteiger partial charge in [-0.1, -0.05) is 13.3 Å². The maximum Gasteiger partial charge on any atom is 0.257 e. The first-order chi connectivity index (χ1) is 13.6. The number of anilines is 1. The van der Waals surface area contributed by atoms with Gasteiger partial charge in [-0.15, -0.1) is 0 Å². The zero-order chi connectivity index (χ0) is 20.1. The number of methoxy groups -OCH3 is 3. The Balaban J connectivity index is 1.96. The Morgan fingerprint density at radius 1 is 1.11 bits per heavy atom. The van der Waals surface area contributed by atoms with Crippen LogP contribution >= 0.6 is 0 Å². The Hall–Kier alpha value is -3.29. The van der Waals surface area contributed by atoms with Crippen LogP contribution in [0.3, 0.4) is 0 Å². The highest BCUT2D eigenvalue weighted by atomic mass is 16.5. The van der Waals surface area contributed by atoms with Crippen LogP contribution in [0, 0.1) is 0 Å². The van der Waals surface area contributed by atoms with Gasteiger partial charge in [-0.3, -0.25) is 4.79 Å². The van der Waals surface area contributed by atoms with E-state index in [0.717, 1.165) is 25.0 Å². The van der Waals surface area contributed by atoms with Crippen molar-refractivity contribution in [3.05, 3.63) is 41.7 Å². The van der Waals surface area contributed by atoms with Gasteiger partial charge in [-0.25, -0.2) is 4.98 Å². The summed E-state index contributed by atoms with van der Waals surface area (Å²) in [6, 6.07) is 6.88. The predicted octanol–water partition coefficient (Wildman–Crippen LogP) is 3.35. The van der Waals surface area contributed by atoms with Crippen LogP contribution in [0.5, 0.6) is 17.2 Å². The van der Waals surface area contributed by atoms with Gasteiger partial charge in [0.15, 0.2) is 17.1 Å². The molecule has 0 radical (unpaired) electrons. The van der Waals surface area contributed by atoms with Crippen molar-refractivity contribution >= 4 is 17.4 Å². The number of aromatic nitrogens is 3. The van der Waals surface area contributed by atoms with Crippen molar-refractivity contribution in [2.45, 2.75) is 26.2 Å². The molecule has 0 aliphatic carbocycles. The van der Waals surface area contributed by atoms with Crippen LogP contribution < -0.4 is 19.5 Å². The van der Waals surface area contributed by atoms with Crippen LogP contribution in [0.1, 0.15) is 35.8 Å². The third kappa shape index (κ3) is 3.85. The number of amides is 1. The number of nitrogens with zero attached hydrogens (tertiary/aromatic N) is 3. The summed E-state index contributed by atoms with van der Waals surface area (Å²) in [5, 5.41) is 7.17. The molecule has 8 heteroatoms. The molecule has 0 bridgehead atoms. The van der Waals surface area contributed by atoms with E-state index in [4.69, 9.17) is 14.2 Å². The fourth-order valence-corrected chi connectivity index (χ4v) is 2.94. The Kier molecular flexibility index (Phi) is 5.98. The Labute approximate surface area is 163 Å². The number of carbonyl (C=O) groups is 1. The zero-order valence-corrected chi connectivity index (χ0v) is 16.5. The van der Waals surface area contributed by atoms with Crippen LogP contribution in [0.4, 0.5) is 5.82 Å². The molecule has 2 aromatic heterocycles. The van der Waals surface area contributed by atoms with Crippen molar-refractivity contribution in [3.8, 4) is 17.2 Å². The molecule has 0 unspecified atom stereocenters. The second-order valence-electron chi connectivity index (χ2n) is 6.21. The fraction of sp³-hybridized carbons (Fsp3) is 0.350. The largest absolute Gasteiger partial charge is 0.493 e. The zero-order valence-electron chi connectivity index (χ0n) is 16.5. The van der Waals surface area contributed by atoms with Gasteiger partial charge in [0.25, 0.3) is 5.91 Å². The van der Waals surface area contributed by atoms with E-state index in [1.54, 1.807) is 22.8 Å². The van der Waals surface area contributed by atoms with Gasteiger partial charge < -0.3 is 19.5 Å². The molecule has 0 fully saturated rings. The number of hydrogen-bond donors (Lipinski definition) is 1. The first-order valence-corrected chi connectivity index (χ1v) is 9.06. The highest BCUT2D eigenvalue weighted by Crippen LogP contribution is 2.38. The smallest absolute Gasteiger partial charge is 0.257 e. The third-order valence-corrected chi connectivity index (χ3v) is 4.37. The molecule has 148 valence electrons. The van der Waals surface area contributed by atoms with Crippen molar-refractivity contribution in [2.75, 3.05) is 26.6 Å². The Morgan fingerprint density at radius 2 is 1.82 bits per heavy atom.